The van der Waals surface area contributed by atoms with Crippen LogP contribution in [0.3, 0.4) is 0 Å². The Balaban J connectivity index is 1.69. The predicted octanol–water partition coefficient (Wildman–Crippen LogP) is 4.08. The van der Waals surface area contributed by atoms with Crippen molar-refractivity contribution in [1.82, 2.24) is 5.32 Å². The number of hydrogen-bond donors (Lipinski definition) is 2. The molecule has 0 aromatic heterocycles. The van der Waals surface area contributed by atoms with Crippen LogP contribution in [0.5, 0.6) is 5.75 Å². The zero-order valence-electron chi connectivity index (χ0n) is 12.0. The lowest BCUT2D eigenvalue weighted by atomic mass is 10.0. The molecule has 2 aromatic rings. The lowest BCUT2D eigenvalue weighted by molar-refractivity contribution is 0.473. The molecule has 21 heavy (non-hydrogen) atoms. The molecular weight excluding hydrogens is 282 g/mol. The van der Waals surface area contributed by atoms with Gasteiger partial charge >= 0.3 is 0 Å². The molecule has 0 saturated carbocycles. The van der Waals surface area contributed by atoms with E-state index in [1.165, 1.54) is 16.7 Å². The Hall–Kier alpha value is -1.51. The van der Waals surface area contributed by atoms with Gasteiger partial charge in [0.05, 0.1) is 5.02 Å². The highest BCUT2D eigenvalue weighted by atomic mass is 35.5. The van der Waals surface area contributed by atoms with E-state index in [1.54, 1.807) is 0 Å². The van der Waals surface area contributed by atoms with Gasteiger partial charge in [0.2, 0.25) is 0 Å². The van der Waals surface area contributed by atoms with Gasteiger partial charge in [-0.2, -0.15) is 0 Å². The quantitative estimate of drug-likeness (QED) is 0.837. The van der Waals surface area contributed by atoms with Crippen molar-refractivity contribution >= 4 is 11.6 Å². The molecule has 110 valence electrons. The van der Waals surface area contributed by atoms with E-state index in [2.05, 4.69) is 29.6 Å². The fraction of sp³-hybridized carbons (Fsp3) is 0.333. The van der Waals surface area contributed by atoms with Gasteiger partial charge in [-0.25, -0.2) is 0 Å². The fourth-order valence-corrected chi connectivity index (χ4v) is 3.19. The molecule has 1 unspecified atom stereocenters. The van der Waals surface area contributed by atoms with Gasteiger partial charge in [0.25, 0.3) is 0 Å². The Bertz CT molecular complexity index is 612. The lowest BCUT2D eigenvalue weighted by Crippen LogP contribution is -2.30. The van der Waals surface area contributed by atoms with Crippen LogP contribution >= 0.6 is 11.6 Å². The molecule has 0 fully saturated rings. The van der Waals surface area contributed by atoms with Crippen LogP contribution in [0.25, 0.3) is 0 Å². The van der Waals surface area contributed by atoms with Crippen molar-refractivity contribution < 1.29 is 5.11 Å². The molecule has 0 aliphatic heterocycles. The first-order valence-electron chi connectivity index (χ1n) is 7.50. The van der Waals surface area contributed by atoms with E-state index in [-0.39, 0.29) is 5.75 Å². The van der Waals surface area contributed by atoms with Crippen molar-refractivity contribution in [1.29, 1.82) is 0 Å². The summed E-state index contributed by atoms with van der Waals surface area (Å²) in [5.74, 6) is 0.200. The highest BCUT2D eigenvalue weighted by Crippen LogP contribution is 2.31. The number of phenols is 1. The summed E-state index contributed by atoms with van der Waals surface area (Å²) < 4.78 is 0. The second-order valence-electron chi connectivity index (χ2n) is 5.73. The van der Waals surface area contributed by atoms with Crippen LogP contribution in [-0.2, 0) is 19.4 Å². The lowest BCUT2D eigenvalue weighted by Gasteiger charge is -2.17. The molecule has 1 aliphatic rings. The SMILES string of the molecule is Oc1cc2c(cc1Cl)CC(NCc1ccccc1)CCC2. The molecule has 2 nitrogen and oxygen atoms in total. The van der Waals surface area contributed by atoms with Crippen molar-refractivity contribution in [2.24, 2.45) is 0 Å². The Labute approximate surface area is 130 Å². The average Bonchev–Trinajstić information content (AvgIpc) is 2.69. The standard InChI is InChI=1S/C18H20ClNO/c19-17-10-15-9-16(8-4-7-14(15)11-18(17)21)20-12-13-5-2-1-3-6-13/h1-3,5-6,10-11,16,20-21H,4,7-9,12H2. The molecule has 0 saturated heterocycles. The highest BCUT2D eigenvalue weighted by molar-refractivity contribution is 6.32. The molecule has 2 aromatic carbocycles. The zero-order valence-corrected chi connectivity index (χ0v) is 12.7. The monoisotopic (exact) mass is 301 g/mol. The van der Waals surface area contributed by atoms with Gasteiger partial charge in [-0.3, -0.25) is 0 Å². The fourth-order valence-electron chi connectivity index (χ4n) is 3.01. The van der Waals surface area contributed by atoms with Crippen LogP contribution < -0.4 is 5.32 Å². The van der Waals surface area contributed by atoms with Gasteiger partial charge in [-0.05, 0) is 54.5 Å². The highest BCUT2D eigenvalue weighted by Gasteiger charge is 2.18. The number of hydrogen-bond acceptors (Lipinski definition) is 2. The van der Waals surface area contributed by atoms with Gasteiger partial charge in [0, 0.05) is 12.6 Å². The molecule has 3 heteroatoms. The Morgan fingerprint density at radius 1 is 1.14 bits per heavy atom. The van der Waals surface area contributed by atoms with Gasteiger partial charge in [-0.15, -0.1) is 0 Å². The topological polar surface area (TPSA) is 32.3 Å². The molecule has 3 rings (SSSR count). The van der Waals surface area contributed by atoms with E-state index >= 15 is 0 Å². The third kappa shape index (κ3) is 3.58. The van der Waals surface area contributed by atoms with Gasteiger partial charge in [0.15, 0.2) is 0 Å². The molecule has 0 bridgehead atoms. The molecule has 2 N–H and O–H groups in total. The first-order chi connectivity index (χ1) is 10.2. The molecule has 1 aliphatic carbocycles. The van der Waals surface area contributed by atoms with Crippen LogP contribution in [-0.4, -0.2) is 11.1 Å². The molecule has 0 spiro atoms. The molecule has 0 radical (unpaired) electrons. The first-order valence-corrected chi connectivity index (χ1v) is 7.88. The molecular formula is C18H20ClNO. The van der Waals surface area contributed by atoms with Gasteiger partial charge in [0.1, 0.15) is 5.75 Å². The van der Waals surface area contributed by atoms with Crippen LogP contribution in [0.4, 0.5) is 0 Å². The minimum atomic E-state index is 0.200. The van der Waals surface area contributed by atoms with Crippen molar-refractivity contribution in [3.05, 3.63) is 64.2 Å². The minimum absolute atomic E-state index is 0.200. The first kappa shape index (κ1) is 14.4. The Morgan fingerprint density at radius 2 is 1.95 bits per heavy atom. The van der Waals surface area contributed by atoms with E-state index in [1.807, 2.05) is 18.2 Å². The molecule has 0 heterocycles. The summed E-state index contributed by atoms with van der Waals surface area (Å²) in [7, 11) is 0. The van der Waals surface area contributed by atoms with Crippen molar-refractivity contribution in [3.8, 4) is 5.75 Å². The van der Waals surface area contributed by atoms with Crippen LogP contribution in [0, 0.1) is 0 Å². The van der Waals surface area contributed by atoms with E-state index < -0.39 is 0 Å². The number of benzene rings is 2. The van der Waals surface area contributed by atoms with E-state index in [9.17, 15) is 5.11 Å². The molecule has 1 atom stereocenters. The summed E-state index contributed by atoms with van der Waals surface area (Å²) in [5, 5.41) is 13.8. The largest absolute Gasteiger partial charge is 0.506 e. The minimum Gasteiger partial charge on any atom is -0.506 e. The summed E-state index contributed by atoms with van der Waals surface area (Å²) in [6.45, 7) is 0.895. The number of halogens is 1. The van der Waals surface area contributed by atoms with Crippen LogP contribution in [0.2, 0.25) is 5.02 Å². The number of phenolic OH excluding ortho intramolecular Hbond substituents is 1. The van der Waals surface area contributed by atoms with Crippen molar-refractivity contribution in [2.75, 3.05) is 0 Å². The predicted molar refractivity (Wildman–Crippen MR) is 86.8 cm³/mol. The second kappa shape index (κ2) is 6.50. The summed E-state index contributed by atoms with van der Waals surface area (Å²) in [6.07, 6.45) is 4.28. The van der Waals surface area contributed by atoms with E-state index in [0.29, 0.717) is 11.1 Å². The van der Waals surface area contributed by atoms with Gasteiger partial charge in [-0.1, -0.05) is 41.9 Å². The summed E-state index contributed by atoms with van der Waals surface area (Å²) >= 11 is 6.05. The third-order valence-electron chi connectivity index (χ3n) is 4.17. The van der Waals surface area contributed by atoms with Crippen LogP contribution in [0.1, 0.15) is 29.5 Å². The Morgan fingerprint density at radius 3 is 2.76 bits per heavy atom. The Kier molecular flexibility index (Phi) is 4.47. The summed E-state index contributed by atoms with van der Waals surface area (Å²) in [6, 6.07) is 14.7. The normalized spacial score (nSPS) is 18.0. The number of fused-ring (bicyclic) bond motifs is 1. The maximum absolute atomic E-state index is 9.74. The number of aryl methyl sites for hydroxylation is 1. The third-order valence-corrected chi connectivity index (χ3v) is 4.47. The van der Waals surface area contributed by atoms with Crippen molar-refractivity contribution in [2.45, 2.75) is 38.3 Å². The van der Waals surface area contributed by atoms with E-state index in [4.69, 9.17) is 11.6 Å². The van der Waals surface area contributed by atoms with Crippen molar-refractivity contribution in [3.63, 3.8) is 0 Å². The van der Waals surface area contributed by atoms with Gasteiger partial charge < -0.3 is 10.4 Å². The summed E-state index contributed by atoms with van der Waals surface area (Å²) in [4.78, 5) is 0. The number of rotatable bonds is 3. The average molecular weight is 302 g/mol. The second-order valence-corrected chi connectivity index (χ2v) is 6.14. The molecule has 0 amide bonds. The zero-order chi connectivity index (χ0) is 14.7. The number of aromatic hydroxyl groups is 1. The summed E-state index contributed by atoms with van der Waals surface area (Å²) in [5.41, 5.74) is 3.81. The smallest absolute Gasteiger partial charge is 0.134 e. The van der Waals surface area contributed by atoms with Crippen LogP contribution in [0.15, 0.2) is 42.5 Å². The number of nitrogens with one attached hydrogen (secondary N) is 1. The maximum atomic E-state index is 9.74. The maximum Gasteiger partial charge on any atom is 0.134 e. The van der Waals surface area contributed by atoms with E-state index in [0.717, 1.165) is 32.2 Å².